The molecule has 1 aromatic carbocycles. The topological polar surface area (TPSA) is 58.1 Å². The first-order valence-electron chi connectivity index (χ1n) is 6.40. The maximum Gasteiger partial charge on any atom is 0.326 e. The lowest BCUT2D eigenvalue weighted by Gasteiger charge is -2.24. The van der Waals surface area contributed by atoms with Crippen LogP contribution in [0, 0.1) is 0 Å². The molecule has 0 fully saturated rings. The lowest BCUT2D eigenvalue weighted by atomic mass is 10.1. The van der Waals surface area contributed by atoms with E-state index in [0.717, 1.165) is 16.8 Å². The Morgan fingerprint density at radius 1 is 1.50 bits per heavy atom. The number of imidazole rings is 1. The van der Waals surface area contributed by atoms with Crippen LogP contribution in [-0.4, -0.2) is 45.5 Å². The average Bonchev–Trinajstić information content (AvgIpc) is 2.72. The van der Waals surface area contributed by atoms with Gasteiger partial charge in [-0.2, -0.15) is 11.8 Å². The summed E-state index contributed by atoms with van der Waals surface area (Å²) in [5.74, 6) is 0.870. The van der Waals surface area contributed by atoms with E-state index < -0.39 is 0 Å². The highest BCUT2D eigenvalue weighted by Crippen LogP contribution is 2.15. The number of thioether (sulfide) groups is 1. The summed E-state index contributed by atoms with van der Waals surface area (Å²) < 4.78 is 1.51. The van der Waals surface area contributed by atoms with Gasteiger partial charge in [0, 0.05) is 31.5 Å². The quantitative estimate of drug-likeness (QED) is 0.933. The Kier molecular flexibility index (Phi) is 4.23. The molecule has 2 aromatic rings. The Morgan fingerprint density at radius 3 is 2.85 bits per heavy atom. The number of hydrogen-bond acceptors (Lipinski definition) is 3. The molecule has 0 saturated carbocycles. The molecule has 6 heteroatoms. The van der Waals surface area contributed by atoms with E-state index in [2.05, 4.69) is 4.98 Å². The van der Waals surface area contributed by atoms with E-state index in [0.29, 0.717) is 5.56 Å². The van der Waals surface area contributed by atoms with Crippen molar-refractivity contribution >= 4 is 28.7 Å². The molecule has 1 N–H and O–H groups in total. The number of aromatic nitrogens is 2. The average molecular weight is 293 g/mol. The molecule has 5 nitrogen and oxygen atoms in total. The molecular weight excluding hydrogens is 274 g/mol. The number of aryl methyl sites for hydroxylation is 1. The van der Waals surface area contributed by atoms with Crippen molar-refractivity contribution in [3.05, 3.63) is 34.2 Å². The molecular formula is C14H19N3O2S. The van der Waals surface area contributed by atoms with Crippen LogP contribution in [0.15, 0.2) is 23.0 Å². The van der Waals surface area contributed by atoms with Gasteiger partial charge in [0.15, 0.2) is 0 Å². The highest BCUT2D eigenvalue weighted by molar-refractivity contribution is 7.98. The Hall–Kier alpha value is -1.69. The van der Waals surface area contributed by atoms with Crippen molar-refractivity contribution in [1.29, 1.82) is 0 Å². The van der Waals surface area contributed by atoms with Crippen LogP contribution in [0.3, 0.4) is 0 Å². The first kappa shape index (κ1) is 14.7. The van der Waals surface area contributed by atoms with Gasteiger partial charge < -0.3 is 9.88 Å². The number of H-pyrrole nitrogens is 1. The van der Waals surface area contributed by atoms with Crippen LogP contribution in [0.25, 0.3) is 11.0 Å². The normalized spacial score (nSPS) is 12.6. The number of nitrogens with zero attached hydrogens (tertiary/aromatic N) is 2. The Bertz CT molecular complexity index is 689. The second-order valence-corrected chi connectivity index (χ2v) is 5.85. The molecule has 0 radical (unpaired) electrons. The highest BCUT2D eigenvalue weighted by Gasteiger charge is 2.18. The van der Waals surface area contributed by atoms with Crippen LogP contribution in [0.1, 0.15) is 17.3 Å². The number of fused-ring (bicyclic) bond motifs is 1. The van der Waals surface area contributed by atoms with Gasteiger partial charge in [-0.05, 0) is 31.4 Å². The minimum atomic E-state index is -0.172. The summed E-state index contributed by atoms with van der Waals surface area (Å²) in [5.41, 5.74) is 1.91. The fourth-order valence-electron chi connectivity index (χ4n) is 2.11. The third kappa shape index (κ3) is 2.60. The summed E-state index contributed by atoms with van der Waals surface area (Å²) in [7, 11) is 3.50. The van der Waals surface area contributed by atoms with Gasteiger partial charge in [-0.1, -0.05) is 0 Å². The number of nitrogens with one attached hydrogen (secondary N) is 1. The number of carbonyl (C=O) groups excluding carboxylic acids is 1. The Morgan fingerprint density at radius 2 is 2.20 bits per heavy atom. The first-order valence-corrected chi connectivity index (χ1v) is 7.80. The predicted octanol–water partition coefficient (Wildman–Crippen LogP) is 1.69. The van der Waals surface area contributed by atoms with Crippen LogP contribution < -0.4 is 5.69 Å². The predicted molar refractivity (Wildman–Crippen MR) is 83.5 cm³/mol. The first-order chi connectivity index (χ1) is 9.45. The van der Waals surface area contributed by atoms with Gasteiger partial charge >= 0.3 is 5.69 Å². The van der Waals surface area contributed by atoms with Crippen molar-refractivity contribution in [2.75, 3.05) is 19.1 Å². The van der Waals surface area contributed by atoms with E-state index in [4.69, 9.17) is 0 Å². The van der Waals surface area contributed by atoms with Crippen LogP contribution in [0.4, 0.5) is 0 Å². The summed E-state index contributed by atoms with van der Waals surface area (Å²) in [6.45, 7) is 2.03. The molecule has 0 unspecified atom stereocenters. The van der Waals surface area contributed by atoms with Gasteiger partial charge in [0.2, 0.25) is 0 Å². The number of amides is 1. The van der Waals surface area contributed by atoms with Crippen molar-refractivity contribution < 1.29 is 4.79 Å². The summed E-state index contributed by atoms with van der Waals surface area (Å²) in [6.07, 6.45) is 2.02. The van der Waals surface area contributed by atoms with Gasteiger partial charge in [0.05, 0.1) is 11.0 Å². The smallest absolute Gasteiger partial charge is 0.326 e. The minimum absolute atomic E-state index is 0.0258. The third-order valence-corrected chi connectivity index (χ3v) is 4.36. The lowest BCUT2D eigenvalue weighted by molar-refractivity contribution is 0.0757. The molecule has 20 heavy (non-hydrogen) atoms. The van der Waals surface area contributed by atoms with Crippen LogP contribution in [-0.2, 0) is 7.05 Å². The van der Waals surface area contributed by atoms with Gasteiger partial charge in [-0.25, -0.2) is 4.79 Å². The Labute approximate surface area is 122 Å². The van der Waals surface area contributed by atoms with E-state index in [1.165, 1.54) is 4.57 Å². The van der Waals surface area contributed by atoms with E-state index >= 15 is 0 Å². The zero-order valence-corrected chi connectivity index (χ0v) is 13.0. The molecule has 0 spiro atoms. The molecule has 1 heterocycles. The SMILES string of the molecule is CSC[C@H](C)N(C)C(=O)c1ccc2[nH]c(=O)n(C)c2c1. The molecule has 0 bridgehead atoms. The summed E-state index contributed by atoms with van der Waals surface area (Å²) in [5, 5.41) is 0. The fourth-order valence-corrected chi connectivity index (χ4v) is 2.82. The minimum Gasteiger partial charge on any atom is -0.338 e. The number of carbonyl (C=O) groups is 1. The van der Waals surface area contributed by atoms with Crippen molar-refractivity contribution in [1.82, 2.24) is 14.5 Å². The largest absolute Gasteiger partial charge is 0.338 e. The third-order valence-electron chi connectivity index (χ3n) is 3.54. The molecule has 1 amide bonds. The second-order valence-electron chi connectivity index (χ2n) is 4.94. The van der Waals surface area contributed by atoms with Crippen molar-refractivity contribution in [2.24, 2.45) is 7.05 Å². The standard InChI is InChI=1S/C14H19N3O2S/c1-9(8-20-4)16(2)13(18)10-5-6-11-12(7-10)17(3)14(19)15-11/h5-7,9H,8H2,1-4H3,(H,15,19)/t9-/m0/s1. The molecule has 108 valence electrons. The maximum absolute atomic E-state index is 12.4. The zero-order chi connectivity index (χ0) is 14.9. The van der Waals surface area contributed by atoms with Gasteiger partial charge in [-0.15, -0.1) is 0 Å². The van der Waals surface area contributed by atoms with E-state index in [1.54, 1.807) is 41.9 Å². The molecule has 1 aromatic heterocycles. The van der Waals surface area contributed by atoms with Crippen LogP contribution >= 0.6 is 11.8 Å². The summed E-state index contributed by atoms with van der Waals surface area (Å²) in [4.78, 5) is 28.5. The Balaban J connectivity index is 2.35. The maximum atomic E-state index is 12.4. The van der Waals surface area contributed by atoms with Crippen molar-refractivity contribution in [3.8, 4) is 0 Å². The molecule has 0 aliphatic carbocycles. The number of benzene rings is 1. The molecule has 0 aliphatic rings. The van der Waals surface area contributed by atoms with Gasteiger partial charge in [0.25, 0.3) is 5.91 Å². The monoisotopic (exact) mass is 293 g/mol. The zero-order valence-electron chi connectivity index (χ0n) is 12.1. The molecule has 1 atom stereocenters. The molecule has 0 saturated heterocycles. The number of rotatable bonds is 4. The van der Waals surface area contributed by atoms with E-state index in [1.807, 2.05) is 20.2 Å². The second kappa shape index (κ2) is 5.75. The van der Waals surface area contributed by atoms with Crippen molar-refractivity contribution in [3.63, 3.8) is 0 Å². The number of aromatic amines is 1. The van der Waals surface area contributed by atoms with Crippen LogP contribution in [0.2, 0.25) is 0 Å². The lowest BCUT2D eigenvalue weighted by Crippen LogP contribution is -2.36. The summed E-state index contributed by atoms with van der Waals surface area (Å²) >= 11 is 1.71. The molecule has 2 rings (SSSR count). The van der Waals surface area contributed by atoms with Gasteiger partial charge in [-0.3, -0.25) is 9.36 Å². The molecule has 0 aliphatic heterocycles. The van der Waals surface area contributed by atoms with Crippen molar-refractivity contribution in [2.45, 2.75) is 13.0 Å². The fraction of sp³-hybridized carbons (Fsp3) is 0.429. The summed E-state index contributed by atoms with van der Waals surface area (Å²) in [6, 6.07) is 5.46. The van der Waals surface area contributed by atoms with Gasteiger partial charge in [0.1, 0.15) is 0 Å². The highest BCUT2D eigenvalue weighted by atomic mass is 32.2. The van der Waals surface area contributed by atoms with Crippen LogP contribution in [0.5, 0.6) is 0 Å². The number of hydrogen-bond donors (Lipinski definition) is 1. The van der Waals surface area contributed by atoms with E-state index in [9.17, 15) is 9.59 Å². The van der Waals surface area contributed by atoms with E-state index in [-0.39, 0.29) is 17.6 Å².